The normalized spacial score (nSPS) is 14.5. The third-order valence-electron chi connectivity index (χ3n) is 7.01. The fourth-order valence-electron chi connectivity index (χ4n) is 4.73. The monoisotopic (exact) mass is 579 g/mol. The van der Waals surface area contributed by atoms with Crippen LogP contribution in [0.5, 0.6) is 0 Å². The van der Waals surface area contributed by atoms with E-state index in [-0.39, 0.29) is 30.0 Å². The number of benzene rings is 2. The minimum atomic E-state index is -0.263. The Morgan fingerprint density at radius 2 is 1.77 bits per heavy atom. The number of hydrogen-bond acceptors (Lipinski definition) is 6. The first-order chi connectivity index (χ1) is 19.2. The highest BCUT2D eigenvalue weighted by Crippen LogP contribution is 2.27. The van der Waals surface area contributed by atoms with E-state index in [1.165, 1.54) is 4.57 Å². The number of anilines is 1. The van der Waals surface area contributed by atoms with E-state index in [9.17, 15) is 14.4 Å². The number of carbonyl (C=O) groups is 2. The number of amides is 2. The third kappa shape index (κ3) is 5.20. The van der Waals surface area contributed by atoms with Gasteiger partial charge in [0.15, 0.2) is 0 Å². The summed E-state index contributed by atoms with van der Waals surface area (Å²) < 4.78 is 3.23. The van der Waals surface area contributed by atoms with Gasteiger partial charge >= 0.3 is 0 Å². The average molecular weight is 580 g/mol. The van der Waals surface area contributed by atoms with Crippen molar-refractivity contribution in [3.63, 3.8) is 0 Å². The van der Waals surface area contributed by atoms with Crippen LogP contribution in [0.15, 0.2) is 59.5 Å². The molecule has 0 saturated carbocycles. The Kier molecular flexibility index (Phi) is 7.64. The molecule has 0 unspecified atom stereocenters. The Bertz CT molecular complexity index is 1660. The van der Waals surface area contributed by atoms with Crippen LogP contribution >= 0.6 is 23.2 Å². The molecule has 0 aliphatic carbocycles. The van der Waals surface area contributed by atoms with Gasteiger partial charge in [-0.15, -0.1) is 0 Å². The number of nitrogens with zero attached hydrogens (tertiary/aromatic N) is 5. The predicted molar refractivity (Wildman–Crippen MR) is 153 cm³/mol. The Hall–Kier alpha value is -4.15. The standard InChI is InChI=1S/C28H27Cl2N7O3/c1-16-12-21-24(15-36(16)26(39)18-6-9-22(29)23(30)13-18)34-28(32-14-20-10-11-33-35(20)3)37(27(21)40)19-7-4-17(5-8-19)25(38)31-2/h4-11,13,16H,12,14-15H2,1-3H3,(H,31,38)(H,32,34)/t16-/m1/s1. The molecule has 2 N–H and O–H groups in total. The Labute approximate surface area is 240 Å². The molecule has 4 aromatic rings. The zero-order chi connectivity index (χ0) is 28.6. The number of rotatable bonds is 6. The zero-order valence-corrected chi connectivity index (χ0v) is 23.6. The fourth-order valence-corrected chi connectivity index (χ4v) is 5.03. The summed E-state index contributed by atoms with van der Waals surface area (Å²) in [6, 6.07) is 13.1. The smallest absolute Gasteiger partial charge is 0.263 e. The molecule has 3 heterocycles. The first-order valence-corrected chi connectivity index (χ1v) is 13.4. The van der Waals surface area contributed by atoms with E-state index in [1.54, 1.807) is 65.3 Å². The number of hydrogen-bond donors (Lipinski definition) is 2. The molecule has 10 nitrogen and oxygen atoms in total. The highest BCUT2D eigenvalue weighted by Gasteiger charge is 2.32. The molecule has 0 fully saturated rings. The van der Waals surface area contributed by atoms with Crippen molar-refractivity contribution >= 4 is 41.0 Å². The van der Waals surface area contributed by atoms with Crippen molar-refractivity contribution in [1.29, 1.82) is 0 Å². The molecule has 0 radical (unpaired) electrons. The van der Waals surface area contributed by atoms with Crippen molar-refractivity contribution in [1.82, 2.24) is 29.5 Å². The van der Waals surface area contributed by atoms with Crippen LogP contribution in [0.2, 0.25) is 10.0 Å². The second-order valence-electron chi connectivity index (χ2n) is 9.54. The van der Waals surface area contributed by atoms with Crippen LogP contribution in [0.3, 0.4) is 0 Å². The van der Waals surface area contributed by atoms with Crippen molar-refractivity contribution in [2.24, 2.45) is 7.05 Å². The molecule has 1 atom stereocenters. The van der Waals surface area contributed by atoms with E-state index in [0.717, 1.165) is 5.69 Å². The van der Waals surface area contributed by atoms with E-state index >= 15 is 0 Å². The maximum atomic E-state index is 14.0. The first kappa shape index (κ1) is 27.4. The lowest BCUT2D eigenvalue weighted by Crippen LogP contribution is -2.46. The van der Waals surface area contributed by atoms with Crippen LogP contribution < -0.4 is 16.2 Å². The number of fused-ring (bicyclic) bond motifs is 1. The lowest BCUT2D eigenvalue weighted by molar-refractivity contribution is 0.0653. The summed E-state index contributed by atoms with van der Waals surface area (Å²) in [6.07, 6.45) is 2.02. The topological polar surface area (TPSA) is 114 Å². The van der Waals surface area contributed by atoms with Gasteiger partial charge in [0.05, 0.1) is 40.2 Å². The number of carbonyl (C=O) groups excluding carboxylic acids is 2. The quantitative estimate of drug-likeness (QED) is 0.359. The van der Waals surface area contributed by atoms with Crippen molar-refractivity contribution in [3.05, 3.63) is 103 Å². The third-order valence-corrected chi connectivity index (χ3v) is 7.75. The molecular weight excluding hydrogens is 553 g/mol. The van der Waals surface area contributed by atoms with Crippen molar-refractivity contribution < 1.29 is 9.59 Å². The molecule has 2 amide bonds. The molecule has 5 rings (SSSR count). The minimum absolute atomic E-state index is 0.154. The van der Waals surface area contributed by atoms with E-state index in [4.69, 9.17) is 28.2 Å². The highest BCUT2D eigenvalue weighted by molar-refractivity contribution is 6.42. The summed E-state index contributed by atoms with van der Waals surface area (Å²) in [4.78, 5) is 46.0. The number of nitrogens with one attached hydrogen (secondary N) is 2. The van der Waals surface area contributed by atoms with Crippen LogP contribution in [-0.4, -0.2) is 49.1 Å². The summed E-state index contributed by atoms with van der Waals surface area (Å²) in [7, 11) is 3.39. The number of aromatic nitrogens is 4. The van der Waals surface area contributed by atoms with Crippen LogP contribution in [0, 0.1) is 0 Å². The van der Waals surface area contributed by atoms with Crippen LogP contribution in [0.1, 0.15) is 44.6 Å². The molecule has 2 aromatic carbocycles. The second kappa shape index (κ2) is 11.1. The van der Waals surface area contributed by atoms with Gasteiger partial charge in [-0.05, 0) is 61.9 Å². The maximum absolute atomic E-state index is 14.0. The van der Waals surface area contributed by atoms with E-state index < -0.39 is 0 Å². The van der Waals surface area contributed by atoms with Gasteiger partial charge in [0, 0.05) is 43.0 Å². The molecule has 1 aliphatic rings. The summed E-state index contributed by atoms with van der Waals surface area (Å²) in [5.41, 5.74) is 3.14. The van der Waals surface area contributed by atoms with Gasteiger partial charge < -0.3 is 15.5 Å². The van der Waals surface area contributed by atoms with Gasteiger partial charge in [-0.1, -0.05) is 23.2 Å². The zero-order valence-electron chi connectivity index (χ0n) is 22.1. The largest absolute Gasteiger partial charge is 0.355 e. The summed E-state index contributed by atoms with van der Waals surface area (Å²) in [5, 5.41) is 10.7. The highest BCUT2D eigenvalue weighted by atomic mass is 35.5. The second-order valence-corrected chi connectivity index (χ2v) is 10.4. The molecule has 0 bridgehead atoms. The molecule has 0 saturated heterocycles. The van der Waals surface area contributed by atoms with Gasteiger partial charge in [0.25, 0.3) is 17.4 Å². The minimum Gasteiger partial charge on any atom is -0.355 e. The molecule has 206 valence electrons. The molecule has 40 heavy (non-hydrogen) atoms. The Balaban J connectivity index is 1.55. The van der Waals surface area contributed by atoms with Gasteiger partial charge in [0.2, 0.25) is 5.95 Å². The van der Waals surface area contributed by atoms with Crippen molar-refractivity contribution in [2.75, 3.05) is 12.4 Å². The summed E-state index contributed by atoms with van der Waals surface area (Å²) in [5.74, 6) is -0.136. The molecule has 0 spiro atoms. The van der Waals surface area contributed by atoms with E-state index in [2.05, 4.69) is 15.7 Å². The van der Waals surface area contributed by atoms with Crippen LogP contribution in [0.25, 0.3) is 5.69 Å². The predicted octanol–water partition coefficient (Wildman–Crippen LogP) is 3.83. The Morgan fingerprint density at radius 3 is 2.42 bits per heavy atom. The van der Waals surface area contributed by atoms with Gasteiger partial charge in [-0.25, -0.2) is 9.55 Å². The molecule has 12 heteroatoms. The average Bonchev–Trinajstić information content (AvgIpc) is 3.37. The van der Waals surface area contributed by atoms with Gasteiger partial charge in [-0.2, -0.15) is 5.10 Å². The summed E-state index contributed by atoms with van der Waals surface area (Å²) in [6.45, 7) is 2.41. The van der Waals surface area contributed by atoms with E-state index in [0.29, 0.717) is 57.0 Å². The van der Waals surface area contributed by atoms with Crippen molar-refractivity contribution in [2.45, 2.75) is 32.5 Å². The van der Waals surface area contributed by atoms with E-state index in [1.807, 2.05) is 20.0 Å². The molecule has 2 aromatic heterocycles. The van der Waals surface area contributed by atoms with Crippen LogP contribution in [-0.2, 0) is 26.6 Å². The van der Waals surface area contributed by atoms with Crippen molar-refractivity contribution in [3.8, 4) is 5.69 Å². The lowest BCUT2D eigenvalue weighted by Gasteiger charge is -2.34. The molecular formula is C28H27Cl2N7O3. The van der Waals surface area contributed by atoms with Crippen LogP contribution in [0.4, 0.5) is 5.95 Å². The number of halogens is 2. The number of aryl methyl sites for hydroxylation is 1. The van der Waals surface area contributed by atoms with Gasteiger partial charge in [0.1, 0.15) is 0 Å². The maximum Gasteiger partial charge on any atom is 0.263 e. The molecule has 1 aliphatic heterocycles. The van der Waals surface area contributed by atoms with Gasteiger partial charge in [-0.3, -0.25) is 19.1 Å². The SMILES string of the molecule is CNC(=O)c1ccc(-n2c(NCc3ccnn3C)nc3c(c2=O)C[C@@H](C)N(C(=O)c2ccc(Cl)c(Cl)c2)C3)cc1. The Morgan fingerprint density at radius 1 is 1.05 bits per heavy atom. The first-order valence-electron chi connectivity index (χ1n) is 12.6. The lowest BCUT2D eigenvalue weighted by atomic mass is 9.98. The fraction of sp³-hybridized carbons (Fsp3) is 0.250. The summed E-state index contributed by atoms with van der Waals surface area (Å²) >= 11 is 12.2.